The molecule has 0 bridgehead atoms. The number of hydrogen-bond donors (Lipinski definition) is 0. The zero-order valence-corrected chi connectivity index (χ0v) is 11.5. The molecule has 2 rings (SSSR count). The van der Waals surface area contributed by atoms with E-state index in [0.29, 0.717) is 5.41 Å². The van der Waals surface area contributed by atoms with E-state index >= 15 is 0 Å². The highest BCUT2D eigenvalue weighted by Crippen LogP contribution is 2.43. The van der Waals surface area contributed by atoms with Gasteiger partial charge in [-0.2, -0.15) is 0 Å². The van der Waals surface area contributed by atoms with Crippen LogP contribution in [0.5, 0.6) is 0 Å². The van der Waals surface area contributed by atoms with E-state index in [1.807, 2.05) is 0 Å². The van der Waals surface area contributed by atoms with Crippen LogP contribution in [0, 0.1) is 5.41 Å². The van der Waals surface area contributed by atoms with Crippen molar-refractivity contribution in [2.75, 3.05) is 0 Å². The van der Waals surface area contributed by atoms with Crippen LogP contribution in [0.25, 0.3) is 0 Å². The minimum absolute atomic E-state index is 0.162. The zero-order valence-electron chi connectivity index (χ0n) is 9.19. The van der Waals surface area contributed by atoms with E-state index in [2.05, 4.69) is 48.0 Å². The van der Waals surface area contributed by atoms with Crippen LogP contribution in [-0.2, 0) is 6.42 Å². The molecule has 0 aliphatic heterocycles. The van der Waals surface area contributed by atoms with Gasteiger partial charge in [0.05, 0.1) is 5.38 Å². The Morgan fingerprint density at radius 2 is 2.13 bits per heavy atom. The third-order valence-corrected chi connectivity index (χ3v) is 4.13. The Labute approximate surface area is 105 Å². The molecule has 1 aliphatic carbocycles. The van der Waals surface area contributed by atoms with Crippen LogP contribution >= 0.6 is 27.5 Å². The lowest BCUT2D eigenvalue weighted by Crippen LogP contribution is -2.11. The number of benzene rings is 1. The molecule has 0 saturated heterocycles. The fourth-order valence-electron chi connectivity index (χ4n) is 2.26. The molecule has 0 N–H and O–H groups in total. The molecule has 0 radical (unpaired) electrons. The van der Waals surface area contributed by atoms with Crippen LogP contribution < -0.4 is 0 Å². The predicted molar refractivity (Wildman–Crippen MR) is 69.5 cm³/mol. The molecule has 0 spiro atoms. The molecule has 0 aromatic heterocycles. The predicted octanol–water partition coefficient (Wildman–Crippen LogP) is 5.09. The molecule has 1 aromatic carbocycles. The first kappa shape index (κ1) is 11.5. The Bertz CT molecular complexity index is 371. The van der Waals surface area contributed by atoms with Gasteiger partial charge in [-0.05, 0) is 47.9 Å². The van der Waals surface area contributed by atoms with Crippen molar-refractivity contribution in [2.45, 2.75) is 38.5 Å². The van der Waals surface area contributed by atoms with Crippen molar-refractivity contribution >= 4 is 27.5 Å². The summed E-state index contributed by atoms with van der Waals surface area (Å²) in [5.41, 5.74) is 3.10. The Hall–Kier alpha value is -0.0100. The maximum Gasteiger partial charge on any atom is 0.0593 e. The smallest absolute Gasteiger partial charge is 0.0593 e. The van der Waals surface area contributed by atoms with Crippen LogP contribution in [0.2, 0.25) is 0 Å². The van der Waals surface area contributed by atoms with Crippen molar-refractivity contribution in [3.63, 3.8) is 0 Å². The molecule has 1 atom stereocenters. The van der Waals surface area contributed by atoms with Gasteiger partial charge in [-0.25, -0.2) is 0 Å². The lowest BCUT2D eigenvalue weighted by Gasteiger charge is -2.23. The second-order valence-corrected chi connectivity index (χ2v) is 6.62. The summed E-state index contributed by atoms with van der Waals surface area (Å²) in [6, 6.07) is 6.49. The highest BCUT2D eigenvalue weighted by molar-refractivity contribution is 9.10. The van der Waals surface area contributed by atoms with Gasteiger partial charge >= 0.3 is 0 Å². The second kappa shape index (κ2) is 4.10. The van der Waals surface area contributed by atoms with Gasteiger partial charge in [0.15, 0.2) is 0 Å². The molecule has 82 valence electrons. The van der Waals surface area contributed by atoms with E-state index in [4.69, 9.17) is 11.6 Å². The van der Waals surface area contributed by atoms with Crippen LogP contribution in [0.4, 0.5) is 0 Å². The summed E-state index contributed by atoms with van der Waals surface area (Å²) < 4.78 is 1.13. The Morgan fingerprint density at radius 3 is 2.87 bits per heavy atom. The maximum atomic E-state index is 6.49. The number of aryl methyl sites for hydroxylation is 1. The highest BCUT2D eigenvalue weighted by atomic mass is 79.9. The van der Waals surface area contributed by atoms with Gasteiger partial charge in [0.1, 0.15) is 0 Å². The molecule has 0 amide bonds. The van der Waals surface area contributed by atoms with Gasteiger partial charge in [0.25, 0.3) is 0 Å². The molecule has 0 saturated carbocycles. The van der Waals surface area contributed by atoms with Gasteiger partial charge in [-0.1, -0.05) is 35.8 Å². The zero-order chi connectivity index (χ0) is 11.1. The average molecular weight is 288 g/mol. The molecular weight excluding hydrogens is 272 g/mol. The van der Waals surface area contributed by atoms with Crippen LogP contribution in [0.1, 0.15) is 43.2 Å². The van der Waals surface area contributed by atoms with Crippen LogP contribution in [0.3, 0.4) is 0 Å². The SMILES string of the molecule is CC1(C)CCc2ccc(Br)cc2C(Cl)C1. The van der Waals surface area contributed by atoms with Crippen molar-refractivity contribution in [3.8, 4) is 0 Å². The standard InChI is InChI=1S/C13H16BrCl/c1-13(2)6-5-9-3-4-10(14)7-11(9)12(15)8-13/h3-4,7,12H,5-6,8H2,1-2H3. The van der Waals surface area contributed by atoms with E-state index in [9.17, 15) is 0 Å². The summed E-state index contributed by atoms with van der Waals surface area (Å²) in [6.45, 7) is 4.62. The molecule has 2 heteroatoms. The van der Waals surface area contributed by atoms with Crippen molar-refractivity contribution in [3.05, 3.63) is 33.8 Å². The van der Waals surface area contributed by atoms with E-state index in [1.165, 1.54) is 17.5 Å². The van der Waals surface area contributed by atoms with E-state index < -0.39 is 0 Å². The fourth-order valence-corrected chi connectivity index (χ4v) is 3.25. The minimum Gasteiger partial charge on any atom is -0.118 e. The normalized spacial score (nSPS) is 24.4. The summed E-state index contributed by atoms with van der Waals surface area (Å²) >= 11 is 10.0. The van der Waals surface area contributed by atoms with E-state index in [1.54, 1.807) is 0 Å². The van der Waals surface area contributed by atoms with Crippen molar-refractivity contribution in [2.24, 2.45) is 5.41 Å². The molecule has 0 nitrogen and oxygen atoms in total. The Kier molecular flexibility index (Phi) is 3.14. The number of rotatable bonds is 0. The third kappa shape index (κ3) is 2.57. The van der Waals surface area contributed by atoms with E-state index in [-0.39, 0.29) is 5.38 Å². The summed E-state index contributed by atoms with van der Waals surface area (Å²) in [6.07, 6.45) is 3.45. The Balaban J connectivity index is 2.40. The minimum atomic E-state index is 0.162. The number of fused-ring (bicyclic) bond motifs is 1. The van der Waals surface area contributed by atoms with Gasteiger partial charge in [0.2, 0.25) is 0 Å². The van der Waals surface area contributed by atoms with Crippen molar-refractivity contribution in [1.29, 1.82) is 0 Å². The van der Waals surface area contributed by atoms with Gasteiger partial charge in [-0.15, -0.1) is 11.6 Å². The van der Waals surface area contributed by atoms with Crippen molar-refractivity contribution in [1.82, 2.24) is 0 Å². The highest BCUT2D eigenvalue weighted by Gasteiger charge is 2.28. The molecule has 1 aromatic rings. The molecule has 1 unspecified atom stereocenters. The van der Waals surface area contributed by atoms with Gasteiger partial charge < -0.3 is 0 Å². The largest absolute Gasteiger partial charge is 0.118 e. The molecular formula is C13H16BrCl. The molecule has 0 heterocycles. The maximum absolute atomic E-state index is 6.49. The molecule has 15 heavy (non-hydrogen) atoms. The molecule has 1 aliphatic rings. The topological polar surface area (TPSA) is 0 Å². The number of halogens is 2. The summed E-state index contributed by atoms with van der Waals surface area (Å²) in [5.74, 6) is 0. The third-order valence-electron chi connectivity index (χ3n) is 3.25. The second-order valence-electron chi connectivity index (χ2n) is 5.18. The van der Waals surface area contributed by atoms with Crippen molar-refractivity contribution < 1.29 is 0 Å². The Morgan fingerprint density at radius 1 is 1.40 bits per heavy atom. The monoisotopic (exact) mass is 286 g/mol. The van der Waals surface area contributed by atoms with Gasteiger partial charge in [0, 0.05) is 4.47 Å². The quantitative estimate of drug-likeness (QED) is 0.460. The van der Waals surface area contributed by atoms with Crippen LogP contribution in [-0.4, -0.2) is 0 Å². The number of alkyl halides is 1. The first-order valence-corrected chi connectivity index (χ1v) is 6.63. The average Bonchev–Trinajstić information content (AvgIpc) is 2.24. The molecule has 0 fully saturated rings. The summed E-state index contributed by atoms with van der Waals surface area (Å²) in [4.78, 5) is 0. The fraction of sp³-hybridized carbons (Fsp3) is 0.538. The first-order chi connectivity index (χ1) is 6.98. The summed E-state index contributed by atoms with van der Waals surface area (Å²) in [7, 11) is 0. The van der Waals surface area contributed by atoms with Crippen LogP contribution in [0.15, 0.2) is 22.7 Å². The lowest BCUT2D eigenvalue weighted by atomic mass is 9.84. The first-order valence-electron chi connectivity index (χ1n) is 5.40. The van der Waals surface area contributed by atoms with E-state index in [0.717, 1.165) is 17.3 Å². The lowest BCUT2D eigenvalue weighted by molar-refractivity contribution is 0.313. The summed E-state index contributed by atoms with van der Waals surface area (Å²) in [5, 5.41) is 0.162. The number of hydrogen-bond acceptors (Lipinski definition) is 0. The van der Waals surface area contributed by atoms with Gasteiger partial charge in [-0.3, -0.25) is 0 Å².